The Balaban J connectivity index is 2.03. The van der Waals surface area contributed by atoms with E-state index in [4.69, 9.17) is 5.73 Å². The lowest BCUT2D eigenvalue weighted by molar-refractivity contribution is 0.0680. The van der Waals surface area contributed by atoms with Crippen LogP contribution in [0.1, 0.15) is 43.0 Å². The van der Waals surface area contributed by atoms with Crippen molar-refractivity contribution >= 4 is 11.7 Å². The summed E-state index contributed by atoms with van der Waals surface area (Å²) in [7, 11) is 1.86. The van der Waals surface area contributed by atoms with Crippen LogP contribution in [0.4, 0.5) is 5.82 Å². The molecule has 17 heavy (non-hydrogen) atoms. The predicted octanol–water partition coefficient (Wildman–Crippen LogP) is 1.64. The minimum Gasteiger partial charge on any atom is -0.383 e. The van der Waals surface area contributed by atoms with Crippen LogP contribution in [0.5, 0.6) is 0 Å². The van der Waals surface area contributed by atoms with Gasteiger partial charge in [0.2, 0.25) is 0 Å². The second-order valence-corrected chi connectivity index (χ2v) is 5.03. The van der Waals surface area contributed by atoms with Crippen LogP contribution in [0, 0.1) is 5.92 Å². The van der Waals surface area contributed by atoms with E-state index in [0.29, 0.717) is 17.4 Å². The van der Waals surface area contributed by atoms with E-state index in [2.05, 4.69) is 17.1 Å². The van der Waals surface area contributed by atoms with Crippen molar-refractivity contribution in [2.24, 2.45) is 5.92 Å². The zero-order chi connectivity index (χ0) is 12.4. The number of nitrogens with zero attached hydrogens (tertiary/aromatic N) is 2. The SMILES string of the molecule is CC1CCC(N(C)C(=O)c2cn[nH]c2N)CC1. The van der Waals surface area contributed by atoms with Crippen LogP contribution >= 0.6 is 0 Å². The number of hydrogen-bond donors (Lipinski definition) is 2. The van der Waals surface area contributed by atoms with Gasteiger partial charge in [0.15, 0.2) is 0 Å². The lowest BCUT2D eigenvalue weighted by Gasteiger charge is -2.33. The van der Waals surface area contributed by atoms with Crippen LogP contribution in [0.3, 0.4) is 0 Å². The molecule has 0 aromatic carbocycles. The highest BCUT2D eigenvalue weighted by Crippen LogP contribution is 2.27. The molecule has 3 N–H and O–H groups in total. The van der Waals surface area contributed by atoms with Gasteiger partial charge in [-0.3, -0.25) is 9.89 Å². The van der Waals surface area contributed by atoms with Crippen LogP contribution < -0.4 is 5.73 Å². The molecule has 94 valence electrons. The van der Waals surface area contributed by atoms with Crippen LogP contribution in [-0.4, -0.2) is 34.1 Å². The van der Waals surface area contributed by atoms with Crippen molar-refractivity contribution in [3.63, 3.8) is 0 Å². The lowest BCUT2D eigenvalue weighted by atomic mass is 9.86. The minimum absolute atomic E-state index is 0.0317. The number of amides is 1. The smallest absolute Gasteiger partial charge is 0.259 e. The number of anilines is 1. The van der Waals surface area contributed by atoms with Gasteiger partial charge in [0.05, 0.1) is 6.20 Å². The fraction of sp³-hybridized carbons (Fsp3) is 0.667. The highest BCUT2D eigenvalue weighted by molar-refractivity contribution is 5.98. The molecule has 1 fully saturated rings. The van der Waals surface area contributed by atoms with E-state index in [-0.39, 0.29) is 5.91 Å². The molecule has 0 radical (unpaired) electrons. The van der Waals surface area contributed by atoms with Crippen molar-refractivity contribution < 1.29 is 4.79 Å². The third-order valence-corrected chi connectivity index (χ3v) is 3.75. The topological polar surface area (TPSA) is 75.0 Å². The van der Waals surface area contributed by atoms with Crippen molar-refractivity contribution in [1.29, 1.82) is 0 Å². The monoisotopic (exact) mass is 236 g/mol. The van der Waals surface area contributed by atoms with Gasteiger partial charge in [-0.05, 0) is 31.6 Å². The standard InChI is InChI=1S/C12H20N4O/c1-8-3-5-9(6-4-8)16(2)12(17)10-7-14-15-11(10)13/h7-9H,3-6H2,1-2H3,(H3,13,14,15). The molecule has 5 nitrogen and oxygen atoms in total. The summed E-state index contributed by atoms with van der Waals surface area (Å²) in [6, 6.07) is 0.341. The number of nitrogens with one attached hydrogen (secondary N) is 1. The Morgan fingerprint density at radius 1 is 1.47 bits per heavy atom. The average molecular weight is 236 g/mol. The van der Waals surface area contributed by atoms with Gasteiger partial charge in [0.25, 0.3) is 5.91 Å². The van der Waals surface area contributed by atoms with Gasteiger partial charge in [0, 0.05) is 13.1 Å². The van der Waals surface area contributed by atoms with E-state index in [1.54, 1.807) is 0 Å². The summed E-state index contributed by atoms with van der Waals surface area (Å²) in [4.78, 5) is 14.0. The quantitative estimate of drug-likeness (QED) is 0.819. The molecule has 0 aliphatic heterocycles. The molecule has 1 heterocycles. The Morgan fingerprint density at radius 3 is 2.65 bits per heavy atom. The third-order valence-electron chi connectivity index (χ3n) is 3.75. The summed E-state index contributed by atoms with van der Waals surface area (Å²) in [5.41, 5.74) is 6.14. The Morgan fingerprint density at radius 2 is 2.12 bits per heavy atom. The number of aromatic amines is 1. The third kappa shape index (κ3) is 2.43. The number of rotatable bonds is 2. The molecule has 1 aliphatic carbocycles. The predicted molar refractivity (Wildman–Crippen MR) is 66.5 cm³/mol. The van der Waals surface area contributed by atoms with Gasteiger partial charge < -0.3 is 10.6 Å². The van der Waals surface area contributed by atoms with Crippen molar-refractivity contribution in [3.8, 4) is 0 Å². The van der Waals surface area contributed by atoms with Crippen molar-refractivity contribution in [2.45, 2.75) is 38.6 Å². The van der Waals surface area contributed by atoms with E-state index >= 15 is 0 Å². The molecular formula is C12H20N4O. The second kappa shape index (κ2) is 4.77. The maximum Gasteiger partial charge on any atom is 0.259 e. The van der Waals surface area contributed by atoms with Gasteiger partial charge in [-0.1, -0.05) is 6.92 Å². The maximum absolute atomic E-state index is 12.2. The molecule has 5 heteroatoms. The highest BCUT2D eigenvalue weighted by Gasteiger charge is 2.26. The van der Waals surface area contributed by atoms with Gasteiger partial charge in [-0.2, -0.15) is 5.10 Å². The summed E-state index contributed by atoms with van der Waals surface area (Å²) in [6.45, 7) is 2.27. The maximum atomic E-state index is 12.2. The number of nitrogen functional groups attached to an aromatic ring is 1. The number of hydrogen-bond acceptors (Lipinski definition) is 3. The molecule has 1 aliphatic rings. The Bertz CT molecular complexity index is 393. The lowest BCUT2D eigenvalue weighted by Crippen LogP contribution is -2.39. The Hall–Kier alpha value is -1.52. The van der Waals surface area contributed by atoms with Crippen molar-refractivity contribution in [3.05, 3.63) is 11.8 Å². The van der Waals surface area contributed by atoms with Gasteiger partial charge in [0.1, 0.15) is 11.4 Å². The van der Waals surface area contributed by atoms with E-state index in [0.717, 1.165) is 18.8 Å². The molecule has 1 saturated carbocycles. The van der Waals surface area contributed by atoms with Gasteiger partial charge in [-0.15, -0.1) is 0 Å². The molecule has 0 spiro atoms. The van der Waals surface area contributed by atoms with Gasteiger partial charge >= 0.3 is 0 Å². The average Bonchev–Trinajstić information content (AvgIpc) is 2.74. The summed E-state index contributed by atoms with van der Waals surface area (Å²) < 4.78 is 0. The van der Waals surface area contributed by atoms with Crippen molar-refractivity contribution in [1.82, 2.24) is 15.1 Å². The van der Waals surface area contributed by atoms with Crippen LogP contribution in [-0.2, 0) is 0 Å². The molecule has 0 bridgehead atoms. The number of nitrogens with two attached hydrogens (primary N) is 1. The fourth-order valence-electron chi connectivity index (χ4n) is 2.45. The summed E-state index contributed by atoms with van der Waals surface area (Å²) in [5, 5.41) is 6.38. The molecule has 0 saturated heterocycles. The summed E-state index contributed by atoms with van der Waals surface area (Å²) in [6.07, 6.45) is 6.06. The van der Waals surface area contributed by atoms with Gasteiger partial charge in [-0.25, -0.2) is 0 Å². The summed E-state index contributed by atoms with van der Waals surface area (Å²) >= 11 is 0. The first kappa shape index (κ1) is 12.0. The molecule has 0 unspecified atom stereocenters. The molecule has 1 amide bonds. The summed E-state index contributed by atoms with van der Waals surface area (Å²) in [5.74, 6) is 1.11. The zero-order valence-electron chi connectivity index (χ0n) is 10.4. The number of aromatic nitrogens is 2. The Kier molecular flexibility index (Phi) is 3.36. The second-order valence-electron chi connectivity index (χ2n) is 5.03. The molecule has 0 atom stereocenters. The van der Waals surface area contributed by atoms with Crippen LogP contribution in [0.15, 0.2) is 6.20 Å². The first-order valence-electron chi connectivity index (χ1n) is 6.15. The largest absolute Gasteiger partial charge is 0.383 e. The number of H-pyrrole nitrogens is 1. The molecule has 2 rings (SSSR count). The van der Waals surface area contributed by atoms with E-state index < -0.39 is 0 Å². The first-order chi connectivity index (χ1) is 8.09. The number of carbonyl (C=O) groups is 1. The molecule has 1 aromatic heterocycles. The van der Waals surface area contributed by atoms with E-state index in [9.17, 15) is 4.79 Å². The first-order valence-corrected chi connectivity index (χ1v) is 6.15. The molecule has 1 aromatic rings. The zero-order valence-corrected chi connectivity index (χ0v) is 10.4. The van der Waals surface area contributed by atoms with Crippen LogP contribution in [0.25, 0.3) is 0 Å². The van der Waals surface area contributed by atoms with E-state index in [1.165, 1.54) is 19.0 Å². The normalized spacial score (nSPS) is 24.6. The molecular weight excluding hydrogens is 216 g/mol. The minimum atomic E-state index is -0.0317. The fourth-order valence-corrected chi connectivity index (χ4v) is 2.45. The van der Waals surface area contributed by atoms with E-state index in [1.807, 2.05) is 11.9 Å². The Labute approximate surface area is 101 Å². The van der Waals surface area contributed by atoms with Crippen molar-refractivity contribution in [2.75, 3.05) is 12.8 Å². The highest BCUT2D eigenvalue weighted by atomic mass is 16.2. The van der Waals surface area contributed by atoms with Crippen LogP contribution in [0.2, 0.25) is 0 Å². The number of carbonyl (C=O) groups excluding carboxylic acids is 1.